The minimum atomic E-state index is -0.280. The molecule has 0 spiro atoms. The van der Waals surface area contributed by atoms with E-state index in [2.05, 4.69) is 15.8 Å². The van der Waals surface area contributed by atoms with Gasteiger partial charge in [0.1, 0.15) is 11.3 Å². The van der Waals surface area contributed by atoms with E-state index < -0.39 is 0 Å². The fourth-order valence-electron chi connectivity index (χ4n) is 4.45. The minimum Gasteiger partial charge on any atom is -0.464 e. The van der Waals surface area contributed by atoms with Gasteiger partial charge in [0.25, 0.3) is 5.91 Å². The highest BCUT2D eigenvalue weighted by molar-refractivity contribution is 6.06. The molecule has 180 valence electrons. The Bertz CT molecular complexity index is 1270. The summed E-state index contributed by atoms with van der Waals surface area (Å²) in [6.45, 7) is 8.18. The third-order valence-electron chi connectivity index (χ3n) is 6.33. The van der Waals surface area contributed by atoms with Crippen LogP contribution in [0.2, 0.25) is 0 Å². The molecule has 34 heavy (non-hydrogen) atoms. The number of hydrazone groups is 1. The van der Waals surface area contributed by atoms with Crippen molar-refractivity contribution in [3.8, 4) is 0 Å². The Morgan fingerprint density at radius 3 is 2.74 bits per heavy atom. The van der Waals surface area contributed by atoms with Crippen LogP contribution in [0, 0.1) is 20.8 Å². The molecule has 8 heteroatoms. The van der Waals surface area contributed by atoms with Crippen LogP contribution in [0.4, 0.5) is 0 Å². The Balaban J connectivity index is 1.50. The van der Waals surface area contributed by atoms with E-state index in [0.717, 1.165) is 63.1 Å². The maximum absolute atomic E-state index is 12.7. The van der Waals surface area contributed by atoms with Crippen LogP contribution in [0.5, 0.6) is 0 Å². The zero-order valence-corrected chi connectivity index (χ0v) is 20.3. The van der Waals surface area contributed by atoms with Crippen molar-refractivity contribution in [2.75, 3.05) is 13.7 Å². The maximum Gasteiger partial charge on any atom is 0.287 e. The highest BCUT2D eigenvalue weighted by Crippen LogP contribution is 2.30. The summed E-state index contributed by atoms with van der Waals surface area (Å²) < 4.78 is 16.7. The molecule has 1 atom stereocenters. The van der Waals surface area contributed by atoms with E-state index in [9.17, 15) is 9.59 Å². The fourth-order valence-corrected chi connectivity index (χ4v) is 4.45. The van der Waals surface area contributed by atoms with E-state index in [1.807, 2.05) is 39.8 Å². The van der Waals surface area contributed by atoms with Gasteiger partial charge in [0, 0.05) is 41.6 Å². The van der Waals surface area contributed by atoms with E-state index in [4.69, 9.17) is 13.6 Å². The molecule has 0 saturated heterocycles. The lowest BCUT2D eigenvalue weighted by Crippen LogP contribution is -2.35. The number of hydrogen-bond acceptors (Lipinski definition) is 6. The second-order valence-electron chi connectivity index (χ2n) is 8.95. The highest BCUT2D eigenvalue weighted by atomic mass is 16.5. The number of rotatable bonds is 7. The van der Waals surface area contributed by atoms with Crippen molar-refractivity contribution in [3.63, 3.8) is 0 Å². The van der Waals surface area contributed by atoms with Crippen LogP contribution in [-0.4, -0.2) is 37.3 Å². The quantitative estimate of drug-likeness (QED) is 0.511. The molecule has 8 nitrogen and oxygen atoms in total. The Kier molecular flexibility index (Phi) is 6.88. The number of hydrogen-bond donors (Lipinski definition) is 2. The Morgan fingerprint density at radius 2 is 1.97 bits per heavy atom. The SMILES string of the molecule is COCC(C)NC(=O)c1oc2c(c1C)/C(=N/NC(=O)Cc1coc3c(C)c(C)ccc13)CCC2. The number of aryl methyl sites for hydroxylation is 3. The summed E-state index contributed by atoms with van der Waals surface area (Å²) in [6.07, 6.45) is 4.05. The van der Waals surface area contributed by atoms with Gasteiger partial charge in [-0.1, -0.05) is 12.1 Å². The average molecular weight is 466 g/mol. The molecular formula is C26H31N3O5. The second kappa shape index (κ2) is 9.85. The Morgan fingerprint density at radius 1 is 1.18 bits per heavy atom. The number of ether oxygens (including phenoxy) is 1. The number of carbonyl (C=O) groups excluding carboxylic acids is 2. The molecule has 1 aromatic carbocycles. The van der Waals surface area contributed by atoms with E-state index >= 15 is 0 Å². The molecule has 0 bridgehead atoms. The van der Waals surface area contributed by atoms with Gasteiger partial charge in [-0.25, -0.2) is 5.43 Å². The van der Waals surface area contributed by atoms with Crippen LogP contribution in [-0.2, 0) is 22.4 Å². The van der Waals surface area contributed by atoms with Crippen LogP contribution < -0.4 is 10.7 Å². The van der Waals surface area contributed by atoms with Crippen LogP contribution in [0.3, 0.4) is 0 Å². The molecule has 0 saturated carbocycles. The molecule has 2 heterocycles. The lowest BCUT2D eigenvalue weighted by atomic mass is 9.93. The Hall–Kier alpha value is -3.39. The third kappa shape index (κ3) is 4.63. The summed E-state index contributed by atoms with van der Waals surface area (Å²) in [5, 5.41) is 8.24. The molecule has 2 aromatic heterocycles. The van der Waals surface area contributed by atoms with Gasteiger partial charge in [-0.3, -0.25) is 9.59 Å². The van der Waals surface area contributed by atoms with Gasteiger partial charge in [0.05, 0.1) is 25.0 Å². The van der Waals surface area contributed by atoms with E-state index in [-0.39, 0.29) is 30.0 Å². The zero-order chi connectivity index (χ0) is 24.4. The predicted octanol–water partition coefficient (Wildman–Crippen LogP) is 4.12. The van der Waals surface area contributed by atoms with Gasteiger partial charge in [0.15, 0.2) is 5.76 Å². The van der Waals surface area contributed by atoms with Gasteiger partial charge in [-0.05, 0) is 51.7 Å². The highest BCUT2D eigenvalue weighted by Gasteiger charge is 2.28. The summed E-state index contributed by atoms with van der Waals surface area (Å²) in [5.74, 6) is 0.502. The summed E-state index contributed by atoms with van der Waals surface area (Å²) in [6, 6.07) is 3.88. The molecule has 0 radical (unpaired) electrons. The van der Waals surface area contributed by atoms with E-state index in [0.29, 0.717) is 13.0 Å². The first kappa shape index (κ1) is 23.8. The summed E-state index contributed by atoms with van der Waals surface area (Å²) in [7, 11) is 1.59. The van der Waals surface area contributed by atoms with Crippen molar-refractivity contribution in [2.24, 2.45) is 5.10 Å². The molecule has 3 aromatic rings. The van der Waals surface area contributed by atoms with Crippen molar-refractivity contribution in [1.82, 2.24) is 10.7 Å². The lowest BCUT2D eigenvalue weighted by molar-refractivity contribution is -0.120. The van der Waals surface area contributed by atoms with Crippen molar-refractivity contribution in [2.45, 2.75) is 59.4 Å². The molecule has 4 rings (SSSR count). The van der Waals surface area contributed by atoms with Crippen molar-refractivity contribution in [3.05, 3.63) is 57.7 Å². The minimum absolute atomic E-state index is 0.141. The van der Waals surface area contributed by atoms with Crippen LogP contribution in [0.1, 0.15) is 63.9 Å². The molecule has 1 aliphatic rings. The molecule has 0 fully saturated rings. The Labute approximate surface area is 198 Å². The van der Waals surface area contributed by atoms with Gasteiger partial charge >= 0.3 is 0 Å². The number of fused-ring (bicyclic) bond motifs is 2. The molecular weight excluding hydrogens is 434 g/mol. The van der Waals surface area contributed by atoms with Crippen LogP contribution >= 0.6 is 0 Å². The second-order valence-corrected chi connectivity index (χ2v) is 8.95. The number of furan rings is 2. The topological polar surface area (TPSA) is 106 Å². The summed E-state index contributed by atoms with van der Waals surface area (Å²) >= 11 is 0. The zero-order valence-electron chi connectivity index (χ0n) is 20.3. The van der Waals surface area contributed by atoms with E-state index in [1.165, 1.54) is 0 Å². The van der Waals surface area contributed by atoms with Crippen LogP contribution in [0.15, 0.2) is 32.3 Å². The fraction of sp³-hybridized carbons (Fsp3) is 0.423. The van der Waals surface area contributed by atoms with Gasteiger partial charge < -0.3 is 18.9 Å². The first-order valence-corrected chi connectivity index (χ1v) is 11.5. The standard InChI is InChI=1S/C26H31N3O5/c1-14-9-10-19-18(13-33-24(19)16(14)3)11-22(30)29-28-20-7-6-8-21-23(20)17(4)25(34-21)26(31)27-15(2)12-32-5/h9-10,13,15H,6-8,11-12H2,1-5H3,(H,27,31)(H,29,30)/b28-20+. The molecule has 1 aliphatic carbocycles. The number of methoxy groups -OCH3 is 1. The van der Waals surface area contributed by atoms with Crippen LogP contribution in [0.25, 0.3) is 11.0 Å². The smallest absolute Gasteiger partial charge is 0.287 e. The number of amides is 2. The van der Waals surface area contributed by atoms with Crippen molar-refractivity contribution < 1.29 is 23.2 Å². The summed E-state index contributed by atoms with van der Waals surface area (Å²) in [4.78, 5) is 25.4. The molecule has 2 amide bonds. The third-order valence-corrected chi connectivity index (χ3v) is 6.33. The van der Waals surface area contributed by atoms with Crippen molar-refractivity contribution in [1.29, 1.82) is 0 Å². The molecule has 0 aliphatic heterocycles. The number of nitrogens with zero attached hydrogens (tertiary/aromatic N) is 1. The largest absolute Gasteiger partial charge is 0.464 e. The summed E-state index contributed by atoms with van der Waals surface area (Å²) in [5.41, 5.74) is 8.82. The van der Waals surface area contributed by atoms with Gasteiger partial charge in [0.2, 0.25) is 5.91 Å². The molecule has 1 unspecified atom stereocenters. The van der Waals surface area contributed by atoms with Gasteiger partial charge in [-0.15, -0.1) is 0 Å². The number of benzene rings is 1. The van der Waals surface area contributed by atoms with Gasteiger partial charge in [-0.2, -0.15) is 5.10 Å². The van der Waals surface area contributed by atoms with E-state index in [1.54, 1.807) is 13.4 Å². The number of nitrogens with one attached hydrogen (secondary N) is 2. The number of carbonyl (C=O) groups is 2. The lowest BCUT2D eigenvalue weighted by Gasteiger charge is -2.13. The normalized spacial score (nSPS) is 15.4. The first-order chi connectivity index (χ1) is 16.3. The van der Waals surface area contributed by atoms with Crippen molar-refractivity contribution >= 4 is 28.5 Å². The molecule has 2 N–H and O–H groups in total. The predicted molar refractivity (Wildman–Crippen MR) is 129 cm³/mol. The maximum atomic E-state index is 12.7. The monoisotopic (exact) mass is 465 g/mol. The average Bonchev–Trinajstić information content (AvgIpc) is 3.36. The first-order valence-electron chi connectivity index (χ1n) is 11.5.